The molecule has 1 saturated heterocycles. The van der Waals surface area contributed by atoms with Gasteiger partial charge < -0.3 is 18.9 Å². The largest absolute Gasteiger partial charge is 0.444 e. The first-order valence-corrected chi connectivity index (χ1v) is 9.72. The smallest absolute Gasteiger partial charge is 0.410 e. The second kappa shape index (κ2) is 7.11. The number of nitrogens with zero attached hydrogens (tertiary/aromatic N) is 4. The Morgan fingerprint density at radius 2 is 1.57 bits per heavy atom. The number of fused-ring (bicyclic) bond motifs is 1. The van der Waals surface area contributed by atoms with Crippen molar-refractivity contribution in [3.63, 3.8) is 0 Å². The zero-order valence-electron chi connectivity index (χ0n) is 17.7. The maximum Gasteiger partial charge on any atom is 0.410 e. The molecule has 0 unspecified atom stereocenters. The summed E-state index contributed by atoms with van der Waals surface area (Å²) in [5.41, 5.74) is 0.573. The Balaban J connectivity index is 1.77. The average Bonchev–Trinajstić information content (AvgIpc) is 3.00. The summed E-state index contributed by atoms with van der Waals surface area (Å²) in [6.07, 6.45) is 1.61. The van der Waals surface area contributed by atoms with Crippen molar-refractivity contribution in [2.45, 2.75) is 52.6 Å². The van der Waals surface area contributed by atoms with Gasteiger partial charge in [0.1, 0.15) is 11.4 Å². The minimum Gasteiger partial charge on any atom is -0.444 e. The third-order valence-electron chi connectivity index (χ3n) is 4.64. The van der Waals surface area contributed by atoms with Gasteiger partial charge in [0.15, 0.2) is 5.69 Å². The van der Waals surface area contributed by atoms with Crippen LogP contribution < -0.4 is 0 Å². The fraction of sp³-hybridized carbons (Fsp3) is 0.571. The molecular formula is C21H30N4O3. The van der Waals surface area contributed by atoms with Gasteiger partial charge in [0, 0.05) is 37.8 Å². The van der Waals surface area contributed by atoms with Crippen LogP contribution in [0.1, 0.15) is 57.9 Å². The predicted molar refractivity (Wildman–Crippen MR) is 108 cm³/mol. The maximum atomic E-state index is 13.2. The van der Waals surface area contributed by atoms with Crippen LogP contribution in [0.15, 0.2) is 24.4 Å². The summed E-state index contributed by atoms with van der Waals surface area (Å²) in [7, 11) is 0. The molecule has 2 aromatic heterocycles. The Morgan fingerprint density at radius 3 is 2.14 bits per heavy atom. The molecule has 0 aliphatic carbocycles. The number of rotatable bonds is 1. The van der Waals surface area contributed by atoms with Crippen LogP contribution in [0, 0.1) is 0 Å². The molecule has 3 rings (SSSR count). The lowest BCUT2D eigenvalue weighted by Crippen LogP contribution is -2.51. The van der Waals surface area contributed by atoms with E-state index in [1.807, 2.05) is 49.6 Å². The van der Waals surface area contributed by atoms with Crippen LogP contribution in [0.3, 0.4) is 0 Å². The zero-order valence-corrected chi connectivity index (χ0v) is 17.7. The SMILES string of the molecule is CC(C)(C)OC(=O)N1CCN(C(=O)c2nc(C(C)(C)C)n3ccccc23)CC1. The van der Waals surface area contributed by atoms with E-state index in [1.165, 1.54) is 0 Å². The van der Waals surface area contributed by atoms with Crippen LogP contribution in [0.2, 0.25) is 0 Å². The van der Waals surface area contributed by atoms with Crippen molar-refractivity contribution >= 4 is 17.5 Å². The highest BCUT2D eigenvalue weighted by atomic mass is 16.6. The number of carbonyl (C=O) groups excluding carboxylic acids is 2. The van der Waals surface area contributed by atoms with Crippen molar-refractivity contribution in [1.82, 2.24) is 19.2 Å². The molecule has 2 aromatic rings. The minimum absolute atomic E-state index is 0.0944. The average molecular weight is 386 g/mol. The second-order valence-corrected chi connectivity index (χ2v) is 9.25. The van der Waals surface area contributed by atoms with Crippen LogP contribution >= 0.6 is 0 Å². The van der Waals surface area contributed by atoms with E-state index >= 15 is 0 Å². The van der Waals surface area contributed by atoms with Crippen molar-refractivity contribution in [1.29, 1.82) is 0 Å². The molecule has 0 bridgehead atoms. The highest BCUT2D eigenvalue weighted by Gasteiger charge is 2.31. The van der Waals surface area contributed by atoms with Gasteiger partial charge in [0.05, 0.1) is 5.52 Å². The number of ether oxygens (including phenoxy) is 1. The maximum absolute atomic E-state index is 13.2. The second-order valence-electron chi connectivity index (χ2n) is 9.25. The van der Waals surface area contributed by atoms with Gasteiger partial charge in [-0.2, -0.15) is 0 Å². The Bertz CT molecular complexity index is 881. The summed E-state index contributed by atoms with van der Waals surface area (Å²) in [5.74, 6) is 0.766. The van der Waals surface area contributed by atoms with Crippen molar-refractivity contribution in [3.05, 3.63) is 35.9 Å². The fourth-order valence-electron chi connectivity index (χ4n) is 3.29. The predicted octanol–water partition coefficient (Wildman–Crippen LogP) is 3.32. The van der Waals surface area contributed by atoms with Gasteiger partial charge >= 0.3 is 6.09 Å². The summed E-state index contributed by atoms with van der Waals surface area (Å²) >= 11 is 0. The van der Waals surface area contributed by atoms with E-state index < -0.39 is 5.60 Å². The topological polar surface area (TPSA) is 67.2 Å². The van der Waals surface area contributed by atoms with E-state index in [-0.39, 0.29) is 17.4 Å². The van der Waals surface area contributed by atoms with Gasteiger partial charge in [-0.1, -0.05) is 26.8 Å². The molecular weight excluding hydrogens is 356 g/mol. The molecule has 0 atom stereocenters. The Labute approximate surface area is 166 Å². The summed E-state index contributed by atoms with van der Waals surface area (Å²) in [6.45, 7) is 13.7. The van der Waals surface area contributed by atoms with E-state index in [0.717, 1.165) is 11.3 Å². The Morgan fingerprint density at radius 1 is 0.964 bits per heavy atom. The lowest BCUT2D eigenvalue weighted by molar-refractivity contribution is 0.0140. The van der Waals surface area contributed by atoms with Gasteiger partial charge in [-0.25, -0.2) is 9.78 Å². The molecule has 0 N–H and O–H groups in total. The molecule has 7 heteroatoms. The van der Waals surface area contributed by atoms with Crippen molar-refractivity contribution in [3.8, 4) is 0 Å². The molecule has 0 aromatic carbocycles. The highest BCUT2D eigenvalue weighted by molar-refractivity contribution is 5.99. The molecule has 1 aliphatic heterocycles. The third-order valence-corrected chi connectivity index (χ3v) is 4.64. The van der Waals surface area contributed by atoms with E-state index in [2.05, 4.69) is 20.8 Å². The van der Waals surface area contributed by atoms with Gasteiger partial charge in [-0.05, 0) is 32.9 Å². The Hall–Kier alpha value is -2.57. The van der Waals surface area contributed by atoms with Gasteiger partial charge in [0.25, 0.3) is 5.91 Å². The summed E-state index contributed by atoms with van der Waals surface area (Å²) in [4.78, 5) is 33.5. The van der Waals surface area contributed by atoms with Gasteiger partial charge in [-0.15, -0.1) is 0 Å². The fourth-order valence-corrected chi connectivity index (χ4v) is 3.29. The normalized spacial score (nSPS) is 15.8. The number of piperazine rings is 1. The number of pyridine rings is 1. The van der Waals surface area contributed by atoms with Crippen molar-refractivity contribution in [2.75, 3.05) is 26.2 Å². The quantitative estimate of drug-likeness (QED) is 0.754. The van der Waals surface area contributed by atoms with Gasteiger partial charge in [-0.3, -0.25) is 4.79 Å². The van der Waals surface area contributed by atoms with Crippen LogP contribution in [0.4, 0.5) is 4.79 Å². The van der Waals surface area contributed by atoms with E-state index in [1.54, 1.807) is 9.80 Å². The van der Waals surface area contributed by atoms with Crippen LogP contribution in [-0.2, 0) is 10.2 Å². The molecule has 1 aliphatic rings. The molecule has 0 saturated carbocycles. The van der Waals surface area contributed by atoms with E-state index in [4.69, 9.17) is 9.72 Å². The van der Waals surface area contributed by atoms with E-state index in [9.17, 15) is 9.59 Å². The monoisotopic (exact) mass is 386 g/mol. The summed E-state index contributed by atoms with van der Waals surface area (Å²) in [6, 6.07) is 5.78. The first kappa shape index (κ1) is 20.2. The number of aromatic nitrogens is 2. The minimum atomic E-state index is -0.525. The molecule has 3 heterocycles. The van der Waals surface area contributed by atoms with Crippen LogP contribution in [-0.4, -0.2) is 63.0 Å². The highest BCUT2D eigenvalue weighted by Crippen LogP contribution is 2.25. The lowest BCUT2D eigenvalue weighted by atomic mass is 9.96. The number of imidazole rings is 1. The molecule has 28 heavy (non-hydrogen) atoms. The Kier molecular flexibility index (Phi) is 5.12. The molecule has 152 valence electrons. The number of amides is 2. The third kappa shape index (κ3) is 4.13. The van der Waals surface area contributed by atoms with Gasteiger partial charge in [0.2, 0.25) is 0 Å². The van der Waals surface area contributed by atoms with Crippen molar-refractivity contribution in [2.24, 2.45) is 0 Å². The van der Waals surface area contributed by atoms with Crippen LogP contribution in [0.5, 0.6) is 0 Å². The molecule has 0 spiro atoms. The number of carbonyl (C=O) groups is 2. The van der Waals surface area contributed by atoms with Crippen LogP contribution in [0.25, 0.3) is 5.52 Å². The number of hydrogen-bond donors (Lipinski definition) is 0. The number of hydrogen-bond acceptors (Lipinski definition) is 4. The lowest BCUT2D eigenvalue weighted by Gasteiger charge is -2.35. The zero-order chi connectivity index (χ0) is 20.7. The summed E-state index contributed by atoms with van der Waals surface area (Å²) < 4.78 is 7.41. The first-order valence-electron chi connectivity index (χ1n) is 9.72. The first-order chi connectivity index (χ1) is 13.0. The molecule has 0 radical (unpaired) electrons. The van der Waals surface area contributed by atoms with Crippen molar-refractivity contribution < 1.29 is 14.3 Å². The molecule has 1 fully saturated rings. The molecule has 7 nitrogen and oxygen atoms in total. The molecule has 2 amide bonds. The van der Waals surface area contributed by atoms with E-state index in [0.29, 0.717) is 31.9 Å². The summed E-state index contributed by atoms with van der Waals surface area (Å²) in [5, 5.41) is 0. The standard InChI is InChI=1S/C21H30N4O3/c1-20(2,3)18-22-16(15-9-7-8-10-25(15)18)17(26)23-11-13-24(14-12-23)19(27)28-21(4,5)6/h7-10H,11-14H2,1-6H3.